The van der Waals surface area contributed by atoms with Crippen LogP contribution in [0.2, 0.25) is 0 Å². The van der Waals surface area contributed by atoms with Crippen molar-refractivity contribution in [2.24, 2.45) is 0 Å². The Balaban J connectivity index is 2.34. The second-order valence-corrected chi connectivity index (χ2v) is 4.33. The normalized spacial score (nSPS) is 11.0. The lowest BCUT2D eigenvalue weighted by Gasteiger charge is -2.00. The van der Waals surface area contributed by atoms with Crippen molar-refractivity contribution in [3.63, 3.8) is 0 Å². The van der Waals surface area contributed by atoms with E-state index < -0.39 is 0 Å². The van der Waals surface area contributed by atoms with E-state index >= 15 is 0 Å². The van der Waals surface area contributed by atoms with E-state index in [0.717, 1.165) is 16.7 Å². The summed E-state index contributed by atoms with van der Waals surface area (Å²) < 4.78 is 1.44. The van der Waals surface area contributed by atoms with E-state index in [-0.39, 0.29) is 5.56 Å². The van der Waals surface area contributed by atoms with Crippen molar-refractivity contribution in [3.05, 3.63) is 52.3 Å². The molecule has 0 spiro atoms. The molecule has 0 atom stereocenters. The zero-order chi connectivity index (χ0) is 12.7. The smallest absolute Gasteiger partial charge is 0.272 e. The molecule has 0 aromatic carbocycles. The summed E-state index contributed by atoms with van der Waals surface area (Å²) in [7, 11) is 0. The van der Waals surface area contributed by atoms with Crippen molar-refractivity contribution in [2.45, 2.75) is 13.8 Å². The van der Waals surface area contributed by atoms with Gasteiger partial charge >= 0.3 is 0 Å². The molecular formula is C13H12N4O. The summed E-state index contributed by atoms with van der Waals surface area (Å²) >= 11 is 0. The van der Waals surface area contributed by atoms with Crippen LogP contribution in [-0.4, -0.2) is 19.6 Å². The Labute approximate surface area is 103 Å². The summed E-state index contributed by atoms with van der Waals surface area (Å²) in [4.78, 5) is 20.4. The molecule has 0 aliphatic carbocycles. The number of H-pyrrole nitrogens is 1. The van der Waals surface area contributed by atoms with Crippen LogP contribution in [0.4, 0.5) is 0 Å². The van der Waals surface area contributed by atoms with Crippen LogP contribution in [0, 0.1) is 13.8 Å². The largest absolute Gasteiger partial charge is 0.296 e. The average Bonchev–Trinajstić information content (AvgIpc) is 2.72. The van der Waals surface area contributed by atoms with Gasteiger partial charge in [0.05, 0.1) is 0 Å². The minimum absolute atomic E-state index is 0.107. The first-order valence-electron chi connectivity index (χ1n) is 5.65. The third kappa shape index (κ3) is 1.60. The highest BCUT2D eigenvalue weighted by Gasteiger charge is 2.09. The Morgan fingerprint density at radius 1 is 1.22 bits per heavy atom. The Bertz CT molecular complexity index is 785. The first-order valence-corrected chi connectivity index (χ1v) is 5.65. The van der Waals surface area contributed by atoms with Crippen LogP contribution in [0.5, 0.6) is 0 Å². The fraction of sp³-hybridized carbons (Fsp3) is 0.154. The number of rotatable bonds is 1. The minimum Gasteiger partial charge on any atom is -0.296 e. The van der Waals surface area contributed by atoms with Crippen molar-refractivity contribution in [1.82, 2.24) is 19.6 Å². The number of nitrogens with zero attached hydrogens (tertiary/aromatic N) is 3. The number of aromatic amines is 1. The van der Waals surface area contributed by atoms with Crippen LogP contribution in [0.25, 0.3) is 16.8 Å². The molecule has 1 N–H and O–H groups in total. The van der Waals surface area contributed by atoms with Gasteiger partial charge in [0.15, 0.2) is 5.65 Å². The molecule has 18 heavy (non-hydrogen) atoms. The maximum Gasteiger partial charge on any atom is 0.272 e. The summed E-state index contributed by atoms with van der Waals surface area (Å²) in [6, 6.07) is 3.52. The number of aryl methyl sites for hydroxylation is 2. The molecule has 3 aromatic rings. The van der Waals surface area contributed by atoms with Gasteiger partial charge in [0.2, 0.25) is 0 Å². The molecule has 90 valence electrons. The number of hydrogen-bond acceptors (Lipinski definition) is 3. The molecule has 0 fully saturated rings. The Hall–Kier alpha value is -2.43. The predicted molar refractivity (Wildman–Crippen MR) is 68.5 cm³/mol. The second kappa shape index (κ2) is 3.80. The van der Waals surface area contributed by atoms with Gasteiger partial charge in [-0.1, -0.05) is 0 Å². The molecule has 3 heterocycles. The van der Waals surface area contributed by atoms with Crippen LogP contribution in [0.15, 0.2) is 35.5 Å². The monoisotopic (exact) mass is 240 g/mol. The highest BCUT2D eigenvalue weighted by molar-refractivity contribution is 5.76. The summed E-state index contributed by atoms with van der Waals surface area (Å²) in [5, 5.41) is 2.92. The van der Waals surface area contributed by atoms with Crippen LogP contribution >= 0.6 is 0 Å². The lowest BCUT2D eigenvalue weighted by molar-refractivity contribution is 0.890. The third-order valence-electron chi connectivity index (χ3n) is 2.81. The number of fused-ring (bicyclic) bond motifs is 1. The predicted octanol–water partition coefficient (Wildman–Crippen LogP) is 1.70. The van der Waals surface area contributed by atoms with E-state index in [2.05, 4.69) is 15.1 Å². The van der Waals surface area contributed by atoms with Crippen LogP contribution in [-0.2, 0) is 0 Å². The molecule has 0 radical (unpaired) electrons. The van der Waals surface area contributed by atoms with E-state index in [4.69, 9.17) is 0 Å². The number of pyridine rings is 1. The van der Waals surface area contributed by atoms with E-state index in [9.17, 15) is 4.79 Å². The van der Waals surface area contributed by atoms with E-state index in [1.807, 2.05) is 19.9 Å². The summed E-state index contributed by atoms with van der Waals surface area (Å²) in [6.07, 6.45) is 5.34. The van der Waals surface area contributed by atoms with Gasteiger partial charge in [-0.05, 0) is 25.5 Å². The van der Waals surface area contributed by atoms with Crippen LogP contribution < -0.4 is 5.56 Å². The first-order chi connectivity index (χ1) is 8.65. The maximum atomic E-state index is 11.8. The Morgan fingerprint density at radius 3 is 2.83 bits per heavy atom. The standard InChI is InChI=1S/C13H12N4O/c1-8-3-10(6-14-5-8)11-7-15-17-12(18)4-9(2)16-13(11)17/h3-7,15H,1-2H3. The van der Waals surface area contributed by atoms with Crippen molar-refractivity contribution in [3.8, 4) is 11.1 Å². The number of hydrogen-bond donors (Lipinski definition) is 1. The lowest BCUT2D eigenvalue weighted by atomic mass is 10.1. The van der Waals surface area contributed by atoms with Crippen LogP contribution in [0.1, 0.15) is 11.3 Å². The fourth-order valence-electron chi connectivity index (χ4n) is 2.01. The SMILES string of the molecule is Cc1cncc(-c2c[nH]n3c(=O)cc(C)nc23)c1. The molecule has 3 aromatic heterocycles. The maximum absolute atomic E-state index is 11.8. The van der Waals surface area contributed by atoms with Crippen LogP contribution in [0.3, 0.4) is 0 Å². The van der Waals surface area contributed by atoms with Crippen molar-refractivity contribution in [2.75, 3.05) is 0 Å². The molecular weight excluding hydrogens is 228 g/mol. The highest BCUT2D eigenvalue weighted by Crippen LogP contribution is 2.22. The molecule has 0 aliphatic rings. The number of aromatic nitrogens is 4. The third-order valence-corrected chi connectivity index (χ3v) is 2.81. The Kier molecular flexibility index (Phi) is 2.26. The van der Waals surface area contributed by atoms with Gasteiger partial charge in [0, 0.05) is 41.5 Å². The van der Waals surface area contributed by atoms with E-state index in [1.165, 1.54) is 10.6 Å². The second-order valence-electron chi connectivity index (χ2n) is 4.33. The zero-order valence-corrected chi connectivity index (χ0v) is 10.1. The quantitative estimate of drug-likeness (QED) is 0.704. The lowest BCUT2D eigenvalue weighted by Crippen LogP contribution is -2.14. The molecule has 5 nitrogen and oxygen atoms in total. The number of nitrogens with one attached hydrogen (secondary N) is 1. The molecule has 3 rings (SSSR count). The van der Waals surface area contributed by atoms with Gasteiger partial charge in [-0.2, -0.15) is 0 Å². The van der Waals surface area contributed by atoms with Crippen molar-refractivity contribution in [1.29, 1.82) is 0 Å². The summed E-state index contributed by atoms with van der Waals surface area (Å²) in [6.45, 7) is 3.79. The van der Waals surface area contributed by atoms with Gasteiger partial charge in [-0.25, -0.2) is 9.50 Å². The van der Waals surface area contributed by atoms with Gasteiger partial charge in [0.25, 0.3) is 5.56 Å². The Morgan fingerprint density at radius 2 is 2.06 bits per heavy atom. The van der Waals surface area contributed by atoms with Crippen molar-refractivity contribution >= 4 is 5.65 Å². The summed E-state index contributed by atoms with van der Waals surface area (Å²) in [5.74, 6) is 0. The molecule has 0 saturated carbocycles. The van der Waals surface area contributed by atoms with Gasteiger partial charge in [-0.3, -0.25) is 14.9 Å². The van der Waals surface area contributed by atoms with E-state index in [0.29, 0.717) is 11.3 Å². The topological polar surface area (TPSA) is 63.1 Å². The van der Waals surface area contributed by atoms with Gasteiger partial charge < -0.3 is 0 Å². The molecule has 0 saturated heterocycles. The average molecular weight is 240 g/mol. The zero-order valence-electron chi connectivity index (χ0n) is 10.1. The molecule has 5 heteroatoms. The first kappa shape index (κ1) is 10.7. The highest BCUT2D eigenvalue weighted by atomic mass is 16.1. The van der Waals surface area contributed by atoms with E-state index in [1.54, 1.807) is 18.6 Å². The minimum atomic E-state index is -0.107. The fourth-order valence-corrected chi connectivity index (χ4v) is 2.01. The molecule has 0 bridgehead atoms. The molecule has 0 unspecified atom stereocenters. The summed E-state index contributed by atoms with van der Waals surface area (Å²) in [5.41, 5.74) is 4.14. The van der Waals surface area contributed by atoms with Gasteiger partial charge in [0.1, 0.15) is 0 Å². The molecule has 0 amide bonds. The van der Waals surface area contributed by atoms with Crippen molar-refractivity contribution < 1.29 is 0 Å². The van der Waals surface area contributed by atoms with Gasteiger partial charge in [-0.15, -0.1) is 0 Å². The molecule has 0 aliphatic heterocycles.